The van der Waals surface area contributed by atoms with E-state index in [1.165, 1.54) is 0 Å². The summed E-state index contributed by atoms with van der Waals surface area (Å²) in [4.78, 5) is 11.0. The Labute approximate surface area is 72.0 Å². The molecule has 4 unspecified atom stereocenters. The monoisotopic (exact) mass is 170 g/mol. The van der Waals surface area contributed by atoms with Gasteiger partial charge in [-0.2, -0.15) is 0 Å². The topological polar surface area (TPSA) is 35.5 Å². The summed E-state index contributed by atoms with van der Waals surface area (Å²) >= 11 is 0. The van der Waals surface area contributed by atoms with E-state index in [-0.39, 0.29) is 24.3 Å². The summed E-state index contributed by atoms with van der Waals surface area (Å²) in [6.07, 6.45) is 1.93. The van der Waals surface area contributed by atoms with E-state index < -0.39 is 0 Å². The lowest BCUT2D eigenvalue weighted by molar-refractivity contribution is -0.167. The Kier molecular flexibility index (Phi) is 1.83. The van der Waals surface area contributed by atoms with E-state index in [1.807, 2.05) is 6.92 Å². The zero-order valence-corrected chi connectivity index (χ0v) is 7.45. The molecule has 12 heavy (non-hydrogen) atoms. The van der Waals surface area contributed by atoms with Crippen molar-refractivity contribution in [1.29, 1.82) is 0 Å². The minimum absolute atomic E-state index is 0.0544. The van der Waals surface area contributed by atoms with Crippen LogP contribution in [0.15, 0.2) is 0 Å². The van der Waals surface area contributed by atoms with Crippen molar-refractivity contribution in [3.05, 3.63) is 0 Å². The Hall–Kier alpha value is -0.570. The van der Waals surface area contributed by atoms with Gasteiger partial charge in [0.05, 0.1) is 18.6 Å². The van der Waals surface area contributed by atoms with Gasteiger partial charge in [-0.15, -0.1) is 0 Å². The van der Waals surface area contributed by atoms with Crippen molar-refractivity contribution in [3.63, 3.8) is 0 Å². The first-order valence-electron chi connectivity index (χ1n) is 4.52. The molecular formula is C9H14O3. The van der Waals surface area contributed by atoms with Crippen LogP contribution in [0.4, 0.5) is 0 Å². The highest BCUT2D eigenvalue weighted by molar-refractivity contribution is 5.71. The van der Waals surface area contributed by atoms with Gasteiger partial charge in [-0.3, -0.25) is 4.79 Å². The number of carbonyl (C=O) groups excluding carboxylic acids is 1. The van der Waals surface area contributed by atoms with E-state index in [4.69, 9.17) is 9.47 Å². The first-order chi connectivity index (χ1) is 5.66. The summed E-state index contributed by atoms with van der Waals surface area (Å²) in [6.45, 7) is 3.96. The Morgan fingerprint density at radius 2 is 2.17 bits per heavy atom. The van der Waals surface area contributed by atoms with Gasteiger partial charge in [-0.1, -0.05) is 0 Å². The molecule has 2 aliphatic rings. The molecule has 68 valence electrons. The largest absolute Gasteiger partial charge is 0.460 e. The number of hydrogen-bond acceptors (Lipinski definition) is 3. The van der Waals surface area contributed by atoms with Crippen LogP contribution in [0.2, 0.25) is 0 Å². The molecule has 0 aliphatic carbocycles. The molecule has 3 heteroatoms. The van der Waals surface area contributed by atoms with E-state index in [2.05, 4.69) is 6.92 Å². The van der Waals surface area contributed by atoms with Crippen LogP contribution in [0.3, 0.4) is 0 Å². The molecule has 0 N–H and O–H groups in total. The van der Waals surface area contributed by atoms with Gasteiger partial charge in [0.1, 0.15) is 6.10 Å². The lowest BCUT2D eigenvalue weighted by Gasteiger charge is -2.29. The van der Waals surface area contributed by atoms with Crippen LogP contribution in [-0.4, -0.2) is 24.3 Å². The molecule has 0 radical (unpaired) electrons. The van der Waals surface area contributed by atoms with Crippen LogP contribution in [0.25, 0.3) is 0 Å². The maximum atomic E-state index is 11.0. The van der Waals surface area contributed by atoms with Gasteiger partial charge >= 0.3 is 5.97 Å². The van der Waals surface area contributed by atoms with E-state index in [1.54, 1.807) is 0 Å². The van der Waals surface area contributed by atoms with Crippen molar-refractivity contribution in [2.24, 2.45) is 5.92 Å². The number of ether oxygens (including phenoxy) is 2. The highest BCUT2D eigenvalue weighted by atomic mass is 16.6. The maximum absolute atomic E-state index is 11.0. The number of carbonyl (C=O) groups is 1. The lowest BCUT2D eigenvalue weighted by Crippen LogP contribution is -2.39. The van der Waals surface area contributed by atoms with Crippen molar-refractivity contribution < 1.29 is 14.3 Å². The molecule has 2 heterocycles. The standard InChI is InChI=1S/C9H14O3/c1-5-3-7-4-8(10)12-6(2)9(7)11-5/h5-7,9H,3-4H2,1-2H3. The van der Waals surface area contributed by atoms with Crippen molar-refractivity contribution in [1.82, 2.24) is 0 Å². The molecule has 2 saturated heterocycles. The first-order valence-corrected chi connectivity index (χ1v) is 4.52. The Morgan fingerprint density at radius 1 is 1.42 bits per heavy atom. The predicted molar refractivity (Wildman–Crippen MR) is 42.6 cm³/mol. The van der Waals surface area contributed by atoms with Crippen LogP contribution in [0, 0.1) is 5.92 Å². The van der Waals surface area contributed by atoms with Gasteiger partial charge in [-0.05, 0) is 20.3 Å². The Morgan fingerprint density at radius 3 is 2.92 bits per heavy atom. The Balaban J connectivity index is 2.10. The maximum Gasteiger partial charge on any atom is 0.306 e. The summed E-state index contributed by atoms with van der Waals surface area (Å²) in [7, 11) is 0. The van der Waals surface area contributed by atoms with E-state index in [9.17, 15) is 4.79 Å². The minimum atomic E-state index is -0.0681. The number of fused-ring (bicyclic) bond motifs is 1. The molecule has 0 spiro atoms. The van der Waals surface area contributed by atoms with Gasteiger partial charge in [0, 0.05) is 5.92 Å². The molecule has 4 atom stereocenters. The summed E-state index contributed by atoms with van der Waals surface area (Å²) in [6, 6.07) is 0. The zero-order valence-electron chi connectivity index (χ0n) is 7.45. The first kappa shape index (κ1) is 8.05. The van der Waals surface area contributed by atoms with Crippen molar-refractivity contribution >= 4 is 5.97 Å². The van der Waals surface area contributed by atoms with E-state index >= 15 is 0 Å². The summed E-state index contributed by atoms with van der Waals surface area (Å²) in [5.74, 6) is 0.331. The number of cyclic esters (lactones) is 1. The molecule has 0 saturated carbocycles. The molecule has 0 bridgehead atoms. The highest BCUT2D eigenvalue weighted by Gasteiger charge is 2.42. The fourth-order valence-electron chi connectivity index (χ4n) is 2.23. The number of rotatable bonds is 0. The SMILES string of the molecule is CC1CC2CC(=O)OC(C)C2O1. The van der Waals surface area contributed by atoms with Crippen LogP contribution in [0.1, 0.15) is 26.7 Å². The molecular weight excluding hydrogens is 156 g/mol. The minimum Gasteiger partial charge on any atom is -0.460 e. The molecule has 2 rings (SSSR count). The quantitative estimate of drug-likeness (QED) is 0.511. The van der Waals surface area contributed by atoms with Gasteiger partial charge in [0.25, 0.3) is 0 Å². The fraction of sp³-hybridized carbons (Fsp3) is 0.889. The fourth-order valence-corrected chi connectivity index (χ4v) is 2.23. The second-order valence-corrected chi connectivity index (χ2v) is 3.81. The number of esters is 1. The molecule has 2 fully saturated rings. The normalized spacial score (nSPS) is 47.0. The van der Waals surface area contributed by atoms with Crippen LogP contribution >= 0.6 is 0 Å². The van der Waals surface area contributed by atoms with Crippen molar-refractivity contribution in [2.45, 2.75) is 45.0 Å². The van der Waals surface area contributed by atoms with Crippen molar-refractivity contribution in [3.8, 4) is 0 Å². The van der Waals surface area contributed by atoms with Gasteiger partial charge in [-0.25, -0.2) is 0 Å². The zero-order chi connectivity index (χ0) is 8.72. The molecule has 3 nitrogen and oxygen atoms in total. The Bertz CT molecular complexity index is 202. The predicted octanol–water partition coefficient (Wildman–Crippen LogP) is 1.12. The summed E-state index contributed by atoms with van der Waals surface area (Å²) in [5, 5.41) is 0. The molecule has 2 aliphatic heterocycles. The number of hydrogen-bond donors (Lipinski definition) is 0. The smallest absolute Gasteiger partial charge is 0.306 e. The van der Waals surface area contributed by atoms with Crippen LogP contribution in [-0.2, 0) is 14.3 Å². The summed E-state index contributed by atoms with van der Waals surface area (Å²) in [5.41, 5.74) is 0. The van der Waals surface area contributed by atoms with Gasteiger partial charge in [0.2, 0.25) is 0 Å². The van der Waals surface area contributed by atoms with Gasteiger partial charge < -0.3 is 9.47 Å². The lowest BCUT2D eigenvalue weighted by atomic mass is 9.91. The van der Waals surface area contributed by atoms with E-state index in [0.29, 0.717) is 12.3 Å². The highest BCUT2D eigenvalue weighted by Crippen LogP contribution is 2.35. The third-order valence-corrected chi connectivity index (χ3v) is 2.70. The molecule has 0 aromatic carbocycles. The average Bonchev–Trinajstić information content (AvgIpc) is 2.29. The third kappa shape index (κ3) is 1.22. The average molecular weight is 170 g/mol. The van der Waals surface area contributed by atoms with Crippen molar-refractivity contribution in [2.75, 3.05) is 0 Å². The summed E-state index contributed by atoms with van der Waals surface area (Å²) < 4.78 is 10.7. The molecule has 0 aromatic heterocycles. The third-order valence-electron chi connectivity index (χ3n) is 2.70. The second kappa shape index (κ2) is 2.73. The molecule has 0 aromatic rings. The van der Waals surface area contributed by atoms with Gasteiger partial charge in [0.15, 0.2) is 0 Å². The van der Waals surface area contributed by atoms with E-state index in [0.717, 1.165) is 6.42 Å². The van der Waals surface area contributed by atoms with Crippen LogP contribution < -0.4 is 0 Å². The second-order valence-electron chi connectivity index (χ2n) is 3.81. The molecule has 0 amide bonds. The van der Waals surface area contributed by atoms with Crippen LogP contribution in [0.5, 0.6) is 0 Å².